The first-order valence-electron chi connectivity index (χ1n) is 5.22. The van der Waals surface area contributed by atoms with Crippen LogP contribution >= 0.6 is 27.7 Å². The van der Waals surface area contributed by atoms with Gasteiger partial charge in [-0.05, 0) is 59.1 Å². The predicted octanol–water partition coefficient (Wildman–Crippen LogP) is 3.47. The zero-order valence-electron chi connectivity index (χ0n) is 9.92. The maximum Gasteiger partial charge on any atom is 0.133 e. The van der Waals surface area contributed by atoms with Crippen LogP contribution in [-0.4, -0.2) is 26.2 Å². The topological polar surface area (TPSA) is 21.3 Å². The molecule has 1 rings (SSSR count). The van der Waals surface area contributed by atoms with E-state index >= 15 is 0 Å². The molecule has 0 aliphatic heterocycles. The molecule has 0 aliphatic rings. The molecule has 0 aromatic heterocycles. The molecule has 0 fully saturated rings. The van der Waals surface area contributed by atoms with E-state index in [2.05, 4.69) is 39.6 Å². The van der Waals surface area contributed by atoms with Gasteiger partial charge in [0.05, 0.1) is 11.6 Å². The molecule has 16 heavy (non-hydrogen) atoms. The van der Waals surface area contributed by atoms with Gasteiger partial charge in [-0.1, -0.05) is 6.07 Å². The van der Waals surface area contributed by atoms with Crippen molar-refractivity contribution in [3.63, 3.8) is 0 Å². The molecule has 0 saturated heterocycles. The number of benzene rings is 1. The fourth-order valence-corrected chi connectivity index (χ4v) is 2.64. The van der Waals surface area contributed by atoms with E-state index in [4.69, 9.17) is 4.74 Å². The Morgan fingerprint density at radius 1 is 1.50 bits per heavy atom. The lowest BCUT2D eigenvalue weighted by molar-refractivity contribution is 0.411. The number of thioether (sulfide) groups is 1. The summed E-state index contributed by atoms with van der Waals surface area (Å²) in [5.41, 5.74) is 1.30. The van der Waals surface area contributed by atoms with Gasteiger partial charge in [0.25, 0.3) is 0 Å². The summed E-state index contributed by atoms with van der Waals surface area (Å²) in [5, 5.41) is 3.34. The highest BCUT2D eigenvalue weighted by atomic mass is 79.9. The fraction of sp³-hybridized carbons (Fsp3) is 0.500. The molecule has 1 N–H and O–H groups in total. The molecule has 1 atom stereocenters. The summed E-state index contributed by atoms with van der Waals surface area (Å²) >= 11 is 5.39. The number of methoxy groups -OCH3 is 1. The second-order valence-electron chi connectivity index (χ2n) is 3.52. The van der Waals surface area contributed by atoms with E-state index in [0.717, 1.165) is 22.4 Å². The Hall–Kier alpha value is -0.190. The van der Waals surface area contributed by atoms with Crippen LogP contribution in [0.4, 0.5) is 0 Å². The molecule has 1 aromatic carbocycles. The number of rotatable bonds is 6. The van der Waals surface area contributed by atoms with Gasteiger partial charge in [0, 0.05) is 6.04 Å². The highest BCUT2D eigenvalue weighted by Gasteiger charge is 2.10. The second-order valence-corrected chi connectivity index (χ2v) is 5.36. The largest absolute Gasteiger partial charge is 0.496 e. The number of ether oxygens (including phenoxy) is 1. The Morgan fingerprint density at radius 3 is 2.75 bits per heavy atom. The minimum Gasteiger partial charge on any atom is -0.496 e. The summed E-state index contributed by atoms with van der Waals surface area (Å²) in [6.07, 6.45) is 3.27. The zero-order valence-corrected chi connectivity index (χ0v) is 12.3. The smallest absolute Gasteiger partial charge is 0.133 e. The molecule has 0 aliphatic carbocycles. The molecule has 4 heteroatoms. The van der Waals surface area contributed by atoms with Crippen LogP contribution in [0.15, 0.2) is 22.7 Å². The van der Waals surface area contributed by atoms with Crippen LogP contribution in [0.1, 0.15) is 18.0 Å². The highest BCUT2D eigenvalue weighted by Crippen LogP contribution is 2.29. The van der Waals surface area contributed by atoms with Gasteiger partial charge in [-0.25, -0.2) is 0 Å². The maximum absolute atomic E-state index is 5.22. The number of halogens is 1. The third-order valence-corrected chi connectivity index (χ3v) is 3.80. The fourth-order valence-electron chi connectivity index (χ4n) is 1.61. The molecule has 2 nitrogen and oxygen atoms in total. The van der Waals surface area contributed by atoms with Crippen LogP contribution < -0.4 is 10.1 Å². The monoisotopic (exact) mass is 303 g/mol. The SMILES string of the molecule is CNC(CCSC)c1ccc(OC)c(Br)c1. The van der Waals surface area contributed by atoms with E-state index < -0.39 is 0 Å². The van der Waals surface area contributed by atoms with Gasteiger partial charge < -0.3 is 10.1 Å². The molecule has 1 aromatic rings. The average molecular weight is 304 g/mol. The van der Waals surface area contributed by atoms with Gasteiger partial charge in [-0.3, -0.25) is 0 Å². The van der Waals surface area contributed by atoms with Crippen molar-refractivity contribution in [1.29, 1.82) is 0 Å². The molecule has 0 saturated carbocycles. The van der Waals surface area contributed by atoms with Crippen molar-refractivity contribution in [2.75, 3.05) is 26.2 Å². The van der Waals surface area contributed by atoms with Gasteiger partial charge in [-0.2, -0.15) is 11.8 Å². The summed E-state index contributed by atoms with van der Waals surface area (Å²) in [6, 6.07) is 6.66. The minimum absolute atomic E-state index is 0.412. The lowest BCUT2D eigenvalue weighted by atomic mass is 10.0. The van der Waals surface area contributed by atoms with E-state index in [0.29, 0.717) is 6.04 Å². The molecule has 0 spiro atoms. The lowest BCUT2D eigenvalue weighted by Crippen LogP contribution is -2.17. The quantitative estimate of drug-likeness (QED) is 0.869. The lowest BCUT2D eigenvalue weighted by Gasteiger charge is -2.17. The molecular weight excluding hydrogens is 286 g/mol. The van der Waals surface area contributed by atoms with Crippen LogP contribution in [0.25, 0.3) is 0 Å². The van der Waals surface area contributed by atoms with Gasteiger partial charge in [-0.15, -0.1) is 0 Å². The first-order chi connectivity index (χ1) is 7.72. The van der Waals surface area contributed by atoms with Crippen molar-refractivity contribution in [2.24, 2.45) is 0 Å². The van der Waals surface area contributed by atoms with Crippen LogP contribution in [0.5, 0.6) is 5.75 Å². The minimum atomic E-state index is 0.412. The number of nitrogens with one attached hydrogen (secondary N) is 1. The number of hydrogen-bond donors (Lipinski definition) is 1. The summed E-state index contributed by atoms with van der Waals surface area (Å²) in [6.45, 7) is 0. The van der Waals surface area contributed by atoms with Gasteiger partial charge >= 0.3 is 0 Å². The van der Waals surface area contributed by atoms with E-state index in [-0.39, 0.29) is 0 Å². The third-order valence-electron chi connectivity index (χ3n) is 2.54. The van der Waals surface area contributed by atoms with Crippen molar-refractivity contribution < 1.29 is 4.74 Å². The summed E-state index contributed by atoms with van der Waals surface area (Å²) in [4.78, 5) is 0. The Balaban J connectivity index is 2.80. The number of hydrogen-bond acceptors (Lipinski definition) is 3. The first-order valence-corrected chi connectivity index (χ1v) is 7.41. The molecular formula is C12H18BrNOS. The van der Waals surface area contributed by atoms with Crippen molar-refractivity contribution in [3.05, 3.63) is 28.2 Å². The molecule has 0 heterocycles. The Labute approximate surface area is 110 Å². The highest BCUT2D eigenvalue weighted by molar-refractivity contribution is 9.10. The maximum atomic E-state index is 5.22. The second kappa shape index (κ2) is 7.20. The van der Waals surface area contributed by atoms with E-state index in [1.54, 1.807) is 7.11 Å². The molecule has 0 radical (unpaired) electrons. The first kappa shape index (κ1) is 13.9. The van der Waals surface area contributed by atoms with E-state index in [1.807, 2.05) is 24.9 Å². The Kier molecular flexibility index (Phi) is 6.24. The van der Waals surface area contributed by atoms with Crippen molar-refractivity contribution in [2.45, 2.75) is 12.5 Å². The average Bonchev–Trinajstić information content (AvgIpc) is 2.30. The standard InChI is InChI=1S/C12H18BrNOS/c1-14-11(6-7-16-3)9-4-5-12(15-2)10(13)8-9/h4-5,8,11,14H,6-7H2,1-3H3. The van der Waals surface area contributed by atoms with Crippen LogP contribution in [0.2, 0.25) is 0 Å². The molecule has 0 bridgehead atoms. The predicted molar refractivity (Wildman–Crippen MR) is 75.5 cm³/mol. The Bertz CT molecular complexity index is 333. The van der Waals surface area contributed by atoms with E-state index in [1.165, 1.54) is 5.56 Å². The molecule has 90 valence electrons. The normalized spacial score (nSPS) is 12.5. The molecule has 1 unspecified atom stereocenters. The summed E-state index contributed by atoms with van der Waals surface area (Å²) in [7, 11) is 3.69. The van der Waals surface area contributed by atoms with Crippen LogP contribution in [-0.2, 0) is 0 Å². The van der Waals surface area contributed by atoms with E-state index in [9.17, 15) is 0 Å². The zero-order chi connectivity index (χ0) is 12.0. The summed E-state index contributed by atoms with van der Waals surface area (Å²) in [5.74, 6) is 2.04. The van der Waals surface area contributed by atoms with Crippen LogP contribution in [0.3, 0.4) is 0 Å². The van der Waals surface area contributed by atoms with Gasteiger partial charge in [0.2, 0.25) is 0 Å². The third kappa shape index (κ3) is 3.68. The summed E-state index contributed by atoms with van der Waals surface area (Å²) < 4.78 is 6.23. The van der Waals surface area contributed by atoms with Gasteiger partial charge in [0.1, 0.15) is 5.75 Å². The van der Waals surface area contributed by atoms with Crippen molar-refractivity contribution in [3.8, 4) is 5.75 Å². The molecule has 0 amide bonds. The van der Waals surface area contributed by atoms with Crippen molar-refractivity contribution in [1.82, 2.24) is 5.32 Å². The van der Waals surface area contributed by atoms with Crippen LogP contribution in [0, 0.1) is 0 Å². The van der Waals surface area contributed by atoms with Crippen molar-refractivity contribution >= 4 is 27.7 Å². The van der Waals surface area contributed by atoms with Gasteiger partial charge in [0.15, 0.2) is 0 Å². The Morgan fingerprint density at radius 2 is 2.25 bits per heavy atom.